The molecule has 1 saturated heterocycles. The van der Waals surface area contributed by atoms with E-state index in [-0.39, 0.29) is 25.2 Å². The minimum atomic E-state index is -0.318. The first-order valence-corrected chi connectivity index (χ1v) is 12.9. The number of rotatable bonds is 9. The maximum atomic E-state index is 12.2. The van der Waals surface area contributed by atoms with Crippen molar-refractivity contribution in [2.45, 2.75) is 58.3 Å². The van der Waals surface area contributed by atoms with Gasteiger partial charge in [0.25, 0.3) is 0 Å². The smallest absolute Gasteiger partial charge is 0.310 e. The maximum absolute atomic E-state index is 12.2. The molecule has 0 radical (unpaired) electrons. The number of ether oxygens (including phenoxy) is 3. The van der Waals surface area contributed by atoms with Gasteiger partial charge in [0.05, 0.1) is 24.6 Å². The number of benzene rings is 2. The van der Waals surface area contributed by atoms with E-state index in [1.165, 1.54) is 0 Å². The lowest BCUT2D eigenvalue weighted by Gasteiger charge is -2.23. The molecule has 7 nitrogen and oxygen atoms in total. The first kappa shape index (κ1) is 25.5. The second kappa shape index (κ2) is 11.9. The first-order chi connectivity index (χ1) is 17.0. The van der Waals surface area contributed by atoms with Crippen molar-refractivity contribution in [3.63, 3.8) is 0 Å². The van der Waals surface area contributed by atoms with Gasteiger partial charge in [-0.15, -0.1) is 0 Å². The summed E-state index contributed by atoms with van der Waals surface area (Å²) in [6, 6.07) is 11.6. The molecule has 9 heteroatoms. The Morgan fingerprint density at radius 3 is 2.94 bits per heavy atom. The normalized spacial score (nSPS) is 15.7. The molecule has 3 aromatic rings. The summed E-state index contributed by atoms with van der Waals surface area (Å²) < 4.78 is 20.1. The SMILES string of the molecule is CCOC(=O)Cc1ccc(CCC#N)cc1OCc1nn(C2CCCCO2)c2c(Br)cc(Cl)cc12. The van der Waals surface area contributed by atoms with Crippen LogP contribution in [0.5, 0.6) is 5.75 Å². The Kier molecular flexibility index (Phi) is 8.66. The summed E-state index contributed by atoms with van der Waals surface area (Å²) in [5, 5.41) is 15.3. The summed E-state index contributed by atoms with van der Waals surface area (Å²) in [6.45, 7) is 2.98. The van der Waals surface area contributed by atoms with Gasteiger partial charge in [-0.05, 0) is 72.3 Å². The van der Waals surface area contributed by atoms with Crippen LogP contribution in [0.1, 0.15) is 55.7 Å². The first-order valence-electron chi connectivity index (χ1n) is 11.7. The standard InChI is InChI=1S/C26H27BrClN3O4/c1-2-33-25(32)13-18-9-8-17(6-5-10-29)12-23(18)35-16-22-20-14-19(28)15-21(27)26(20)31(30-22)24-7-3-4-11-34-24/h8-9,12,14-15,24H,2-7,11,13,16H2,1H3. The number of aromatic nitrogens is 2. The molecule has 1 aliphatic rings. The van der Waals surface area contributed by atoms with Crippen molar-refractivity contribution in [2.75, 3.05) is 13.2 Å². The van der Waals surface area contributed by atoms with Gasteiger partial charge in [0.1, 0.15) is 18.1 Å². The summed E-state index contributed by atoms with van der Waals surface area (Å²) in [5.74, 6) is 0.258. The molecule has 2 heterocycles. The van der Waals surface area contributed by atoms with Gasteiger partial charge in [0.2, 0.25) is 0 Å². The minimum absolute atomic E-state index is 0.101. The van der Waals surface area contributed by atoms with Gasteiger partial charge < -0.3 is 14.2 Å². The summed E-state index contributed by atoms with van der Waals surface area (Å²) in [4.78, 5) is 12.2. The van der Waals surface area contributed by atoms with Crippen molar-refractivity contribution in [3.8, 4) is 11.8 Å². The zero-order valence-corrected chi connectivity index (χ0v) is 21.9. The third kappa shape index (κ3) is 6.16. The number of hydrogen-bond donors (Lipinski definition) is 0. The Morgan fingerprint density at radius 1 is 1.34 bits per heavy atom. The highest BCUT2D eigenvalue weighted by Gasteiger charge is 2.23. The van der Waals surface area contributed by atoms with E-state index < -0.39 is 0 Å². The molecule has 1 unspecified atom stereocenters. The molecule has 1 aliphatic heterocycles. The van der Waals surface area contributed by atoms with Crippen LogP contribution in [-0.4, -0.2) is 29.0 Å². The largest absolute Gasteiger partial charge is 0.487 e. The minimum Gasteiger partial charge on any atom is -0.487 e. The van der Waals surface area contributed by atoms with Crippen LogP contribution in [0.3, 0.4) is 0 Å². The third-order valence-corrected chi connectivity index (χ3v) is 6.71. The van der Waals surface area contributed by atoms with Crippen LogP contribution in [0.15, 0.2) is 34.8 Å². The van der Waals surface area contributed by atoms with Crippen LogP contribution < -0.4 is 4.74 Å². The Balaban J connectivity index is 1.66. The van der Waals surface area contributed by atoms with Crippen molar-refractivity contribution >= 4 is 44.4 Å². The Morgan fingerprint density at radius 2 is 2.20 bits per heavy atom. The van der Waals surface area contributed by atoms with E-state index in [1.54, 1.807) is 6.92 Å². The van der Waals surface area contributed by atoms with Crippen LogP contribution in [0.25, 0.3) is 10.9 Å². The lowest BCUT2D eigenvalue weighted by Crippen LogP contribution is -2.19. The van der Waals surface area contributed by atoms with Crippen LogP contribution in [0.4, 0.5) is 0 Å². The second-order valence-corrected chi connectivity index (χ2v) is 9.66. The zero-order valence-electron chi connectivity index (χ0n) is 19.6. The number of nitriles is 1. The molecule has 2 aromatic carbocycles. The molecule has 0 saturated carbocycles. The molecular weight excluding hydrogens is 534 g/mol. The molecule has 1 atom stereocenters. The average Bonchev–Trinajstić information content (AvgIpc) is 3.22. The zero-order chi connectivity index (χ0) is 24.8. The maximum Gasteiger partial charge on any atom is 0.310 e. The third-order valence-electron chi connectivity index (χ3n) is 5.89. The van der Waals surface area contributed by atoms with Gasteiger partial charge in [-0.3, -0.25) is 4.79 Å². The number of carbonyl (C=O) groups is 1. The molecule has 1 aromatic heterocycles. The molecule has 0 aliphatic carbocycles. The van der Waals surface area contributed by atoms with Crippen molar-refractivity contribution in [1.29, 1.82) is 5.26 Å². The van der Waals surface area contributed by atoms with Gasteiger partial charge in [-0.1, -0.05) is 23.7 Å². The predicted octanol–water partition coefficient (Wildman–Crippen LogP) is 6.29. The summed E-state index contributed by atoms with van der Waals surface area (Å²) in [6.07, 6.45) is 3.97. The van der Waals surface area contributed by atoms with Gasteiger partial charge in [-0.2, -0.15) is 10.4 Å². The second-order valence-electron chi connectivity index (χ2n) is 8.37. The van der Waals surface area contributed by atoms with E-state index >= 15 is 0 Å². The Hall–Kier alpha value is -2.60. The molecule has 4 rings (SSSR count). The van der Waals surface area contributed by atoms with E-state index in [9.17, 15) is 4.79 Å². The number of esters is 1. The summed E-state index contributed by atoms with van der Waals surface area (Å²) in [5.41, 5.74) is 3.32. The van der Waals surface area contributed by atoms with Crippen molar-refractivity contribution in [1.82, 2.24) is 9.78 Å². The molecule has 0 spiro atoms. The van der Waals surface area contributed by atoms with Gasteiger partial charge in [0, 0.05) is 33.5 Å². The number of nitrogens with zero attached hydrogens (tertiary/aromatic N) is 3. The van der Waals surface area contributed by atoms with Crippen LogP contribution in [0.2, 0.25) is 5.02 Å². The molecular formula is C26H27BrClN3O4. The number of fused-ring (bicyclic) bond motifs is 1. The highest BCUT2D eigenvalue weighted by molar-refractivity contribution is 9.10. The van der Waals surface area contributed by atoms with Crippen LogP contribution in [-0.2, 0) is 33.7 Å². The van der Waals surface area contributed by atoms with Gasteiger partial charge in [-0.25, -0.2) is 4.68 Å². The quantitative estimate of drug-likeness (QED) is 0.286. The van der Waals surface area contributed by atoms with Gasteiger partial charge in [0.15, 0.2) is 6.23 Å². The average molecular weight is 561 g/mol. The van der Waals surface area contributed by atoms with Crippen molar-refractivity contribution in [3.05, 3.63) is 56.6 Å². The Bertz CT molecular complexity index is 1250. The molecule has 184 valence electrons. The fourth-order valence-corrected chi connectivity index (χ4v) is 5.22. The lowest BCUT2D eigenvalue weighted by molar-refractivity contribution is -0.142. The van der Waals surface area contributed by atoms with E-state index in [0.717, 1.165) is 51.5 Å². The fourth-order valence-electron chi connectivity index (χ4n) is 4.23. The number of hydrogen-bond acceptors (Lipinski definition) is 6. The topological polar surface area (TPSA) is 86.4 Å². The number of halogens is 2. The van der Waals surface area contributed by atoms with Gasteiger partial charge >= 0.3 is 5.97 Å². The van der Waals surface area contributed by atoms with Crippen LogP contribution >= 0.6 is 27.5 Å². The summed E-state index contributed by atoms with van der Waals surface area (Å²) >= 11 is 10.0. The van der Waals surface area contributed by atoms with E-state index in [4.69, 9.17) is 36.2 Å². The molecule has 0 N–H and O–H groups in total. The number of carbonyl (C=O) groups excluding carboxylic acids is 1. The number of aryl methyl sites for hydroxylation is 1. The lowest BCUT2D eigenvalue weighted by atomic mass is 10.0. The molecule has 35 heavy (non-hydrogen) atoms. The highest BCUT2D eigenvalue weighted by Crippen LogP contribution is 2.35. The highest BCUT2D eigenvalue weighted by atomic mass is 79.9. The molecule has 0 bridgehead atoms. The monoisotopic (exact) mass is 559 g/mol. The molecule has 1 fully saturated rings. The van der Waals surface area contributed by atoms with Crippen molar-refractivity contribution < 1.29 is 19.0 Å². The van der Waals surface area contributed by atoms with E-state index in [1.807, 2.05) is 35.0 Å². The predicted molar refractivity (Wildman–Crippen MR) is 136 cm³/mol. The fraction of sp³-hybridized carbons (Fsp3) is 0.423. The van der Waals surface area contributed by atoms with Crippen molar-refractivity contribution in [2.24, 2.45) is 0 Å². The van der Waals surface area contributed by atoms with E-state index in [0.29, 0.717) is 36.8 Å². The summed E-state index contributed by atoms with van der Waals surface area (Å²) in [7, 11) is 0. The molecule has 0 amide bonds. The van der Waals surface area contributed by atoms with E-state index in [2.05, 4.69) is 22.0 Å². The van der Waals surface area contributed by atoms with Crippen LogP contribution in [0, 0.1) is 11.3 Å². The Labute approximate surface area is 218 Å².